The van der Waals surface area contributed by atoms with Crippen molar-refractivity contribution in [2.24, 2.45) is 0 Å². The summed E-state index contributed by atoms with van der Waals surface area (Å²) in [5.74, 6) is 0. The van der Waals surface area contributed by atoms with Crippen LogP contribution in [-0.4, -0.2) is 12.0 Å². The van der Waals surface area contributed by atoms with E-state index in [0.29, 0.717) is 6.41 Å². The maximum atomic E-state index is 9.73. The molecule has 3 nitrogen and oxygen atoms in total. The van der Waals surface area contributed by atoms with Gasteiger partial charge < -0.3 is 0 Å². The summed E-state index contributed by atoms with van der Waals surface area (Å²) >= 11 is 0. The Morgan fingerprint density at radius 2 is 2.22 bits per heavy atom. The lowest BCUT2D eigenvalue weighted by atomic mass is 10.1. The van der Waals surface area contributed by atoms with Gasteiger partial charge in [0.2, 0.25) is 6.41 Å². The number of amides is 1. The quantitative estimate of drug-likeness (QED) is 0.453. The highest BCUT2D eigenvalue weighted by Crippen LogP contribution is 2.10. The normalized spacial score (nSPS) is 11.0. The molecule has 0 aromatic heterocycles. The molecule has 0 saturated carbocycles. The molecule has 1 N–H and O–H groups in total. The highest BCUT2D eigenvalue weighted by atomic mass is 16.7. The topological polar surface area (TPSA) is 38.3 Å². The first-order valence-corrected chi connectivity index (χ1v) is 2.99. The minimum Gasteiger partial charge on any atom is -0.277 e. The van der Waals surface area contributed by atoms with Crippen LogP contribution in [-0.2, 0) is 9.63 Å². The predicted octanol–water partition coefficient (Wildman–Crippen LogP) is 0.853. The number of carbonyl (C=O) groups is 1. The average molecular weight is 131 g/mol. The second kappa shape index (κ2) is 3.45. The number of hydroxylamine groups is 1. The Morgan fingerprint density at radius 3 is 2.56 bits per heavy atom. The Balaban J connectivity index is 3.44. The van der Waals surface area contributed by atoms with Gasteiger partial charge in [0.05, 0.1) is 5.60 Å². The lowest BCUT2D eigenvalue weighted by Gasteiger charge is -2.20. The zero-order valence-corrected chi connectivity index (χ0v) is 6.10. The number of carbonyl (C=O) groups excluding carboxylic acids is 1. The number of hydrogen-bond acceptors (Lipinski definition) is 2. The van der Waals surface area contributed by atoms with E-state index >= 15 is 0 Å². The average Bonchev–Trinajstić information content (AvgIpc) is 1.84. The Kier molecular flexibility index (Phi) is 3.24. The first kappa shape index (κ1) is 8.43. The van der Waals surface area contributed by atoms with Gasteiger partial charge in [-0.1, -0.05) is 6.92 Å². The highest BCUT2D eigenvalue weighted by Gasteiger charge is 2.14. The molecule has 0 heterocycles. The van der Waals surface area contributed by atoms with Crippen LogP contribution in [0.25, 0.3) is 0 Å². The minimum atomic E-state index is -0.249. The Hall–Kier alpha value is -0.570. The molecule has 0 bridgehead atoms. The summed E-state index contributed by atoms with van der Waals surface area (Å²) in [4.78, 5) is 14.6. The molecule has 0 aliphatic heterocycles. The fraction of sp³-hybridized carbons (Fsp3) is 0.833. The predicted molar refractivity (Wildman–Crippen MR) is 34.7 cm³/mol. The molecule has 0 spiro atoms. The van der Waals surface area contributed by atoms with Gasteiger partial charge in [-0.2, -0.15) is 0 Å². The van der Waals surface area contributed by atoms with Crippen LogP contribution in [0.4, 0.5) is 0 Å². The van der Waals surface area contributed by atoms with Gasteiger partial charge in [-0.05, 0) is 20.3 Å². The first-order chi connectivity index (χ1) is 4.12. The molecule has 3 heteroatoms. The van der Waals surface area contributed by atoms with Gasteiger partial charge in [-0.3, -0.25) is 9.63 Å². The second-order valence-corrected chi connectivity index (χ2v) is 2.45. The van der Waals surface area contributed by atoms with Crippen molar-refractivity contribution in [2.75, 3.05) is 0 Å². The standard InChI is InChI=1S/C6H13NO2/c1-4-6(2,3)9-7-5-8/h5H,4H2,1-3H3,(H,7,8). The highest BCUT2D eigenvalue weighted by molar-refractivity contribution is 5.43. The summed E-state index contributed by atoms with van der Waals surface area (Å²) in [6, 6.07) is 0. The van der Waals surface area contributed by atoms with Gasteiger partial charge in [-0.25, -0.2) is 5.48 Å². The lowest BCUT2D eigenvalue weighted by Crippen LogP contribution is -2.30. The zero-order chi connectivity index (χ0) is 7.33. The maximum Gasteiger partial charge on any atom is 0.230 e. The summed E-state index contributed by atoms with van der Waals surface area (Å²) < 4.78 is 0. The summed E-state index contributed by atoms with van der Waals surface area (Å²) in [6.07, 6.45) is 1.39. The van der Waals surface area contributed by atoms with Crippen LogP contribution in [0.3, 0.4) is 0 Å². The van der Waals surface area contributed by atoms with Crippen LogP contribution >= 0.6 is 0 Å². The minimum absolute atomic E-state index is 0.249. The SMILES string of the molecule is CCC(C)(C)ONC=O. The van der Waals surface area contributed by atoms with Gasteiger partial charge >= 0.3 is 0 Å². The van der Waals surface area contributed by atoms with E-state index in [-0.39, 0.29) is 5.60 Å². The van der Waals surface area contributed by atoms with Gasteiger partial charge in [-0.15, -0.1) is 0 Å². The monoisotopic (exact) mass is 131 g/mol. The van der Waals surface area contributed by atoms with E-state index in [4.69, 9.17) is 4.84 Å². The van der Waals surface area contributed by atoms with Crippen molar-refractivity contribution in [3.05, 3.63) is 0 Å². The molecule has 0 aliphatic rings. The molecule has 0 saturated heterocycles. The van der Waals surface area contributed by atoms with Gasteiger partial charge in [0.1, 0.15) is 0 Å². The van der Waals surface area contributed by atoms with Gasteiger partial charge in [0, 0.05) is 0 Å². The van der Waals surface area contributed by atoms with Crippen molar-refractivity contribution in [2.45, 2.75) is 32.8 Å². The summed E-state index contributed by atoms with van der Waals surface area (Å²) in [5.41, 5.74) is 1.91. The lowest BCUT2D eigenvalue weighted by molar-refractivity contribution is -0.135. The Morgan fingerprint density at radius 1 is 1.67 bits per heavy atom. The van der Waals surface area contributed by atoms with Crippen molar-refractivity contribution in [1.29, 1.82) is 0 Å². The molecule has 0 aliphatic carbocycles. The summed E-state index contributed by atoms with van der Waals surface area (Å²) in [5, 5.41) is 0. The van der Waals surface area contributed by atoms with E-state index in [1.807, 2.05) is 20.8 Å². The van der Waals surface area contributed by atoms with Crippen molar-refractivity contribution in [1.82, 2.24) is 5.48 Å². The Labute approximate surface area is 55.3 Å². The molecule has 0 aromatic rings. The van der Waals surface area contributed by atoms with Crippen LogP contribution in [0.2, 0.25) is 0 Å². The van der Waals surface area contributed by atoms with E-state index in [1.54, 1.807) is 0 Å². The molecule has 0 atom stereocenters. The van der Waals surface area contributed by atoms with E-state index < -0.39 is 0 Å². The fourth-order valence-corrected chi connectivity index (χ4v) is 0.256. The van der Waals surface area contributed by atoms with Gasteiger partial charge in [0.15, 0.2) is 0 Å². The van der Waals surface area contributed by atoms with Crippen molar-refractivity contribution in [3.8, 4) is 0 Å². The third kappa shape index (κ3) is 3.97. The fourth-order valence-electron chi connectivity index (χ4n) is 0.256. The number of nitrogens with one attached hydrogen (secondary N) is 1. The van der Waals surface area contributed by atoms with Crippen LogP contribution in [0.5, 0.6) is 0 Å². The molecule has 54 valence electrons. The Bertz CT molecular complexity index is 91.1. The molecule has 0 radical (unpaired) electrons. The number of hydrogen-bond donors (Lipinski definition) is 1. The molecule has 1 amide bonds. The van der Waals surface area contributed by atoms with Crippen LogP contribution in [0, 0.1) is 0 Å². The summed E-state index contributed by atoms with van der Waals surface area (Å²) in [7, 11) is 0. The van der Waals surface area contributed by atoms with Crippen LogP contribution < -0.4 is 5.48 Å². The molecule has 0 fully saturated rings. The van der Waals surface area contributed by atoms with E-state index in [2.05, 4.69) is 5.48 Å². The maximum absolute atomic E-state index is 9.73. The first-order valence-electron chi connectivity index (χ1n) is 2.99. The third-order valence-electron chi connectivity index (χ3n) is 1.23. The van der Waals surface area contributed by atoms with E-state index in [0.717, 1.165) is 6.42 Å². The van der Waals surface area contributed by atoms with Crippen molar-refractivity contribution >= 4 is 6.41 Å². The molecule has 9 heavy (non-hydrogen) atoms. The smallest absolute Gasteiger partial charge is 0.230 e. The second-order valence-electron chi connectivity index (χ2n) is 2.45. The molecule has 0 aromatic carbocycles. The number of rotatable bonds is 4. The van der Waals surface area contributed by atoms with Crippen molar-refractivity contribution in [3.63, 3.8) is 0 Å². The van der Waals surface area contributed by atoms with Crippen molar-refractivity contribution < 1.29 is 9.63 Å². The largest absolute Gasteiger partial charge is 0.277 e. The summed E-state index contributed by atoms with van der Waals surface area (Å²) in [6.45, 7) is 5.81. The van der Waals surface area contributed by atoms with Crippen LogP contribution in [0.1, 0.15) is 27.2 Å². The molecule has 0 rings (SSSR count). The third-order valence-corrected chi connectivity index (χ3v) is 1.23. The molecular formula is C6H13NO2. The van der Waals surface area contributed by atoms with Gasteiger partial charge in [0.25, 0.3) is 0 Å². The van der Waals surface area contributed by atoms with Crippen LogP contribution in [0.15, 0.2) is 0 Å². The molecule has 0 unspecified atom stereocenters. The van der Waals surface area contributed by atoms with E-state index in [1.165, 1.54) is 0 Å². The van der Waals surface area contributed by atoms with E-state index in [9.17, 15) is 4.79 Å². The zero-order valence-electron chi connectivity index (χ0n) is 6.10. The molecular weight excluding hydrogens is 118 g/mol.